The molecule has 0 fully saturated rings. The van der Waals surface area contributed by atoms with Gasteiger partial charge in [0.1, 0.15) is 0 Å². The molecule has 2 aromatic rings. The normalized spacial score (nSPS) is 16.0. The molecule has 24 heavy (non-hydrogen) atoms. The van der Waals surface area contributed by atoms with Crippen molar-refractivity contribution in [1.82, 2.24) is 0 Å². The Kier molecular flexibility index (Phi) is 3.99. The third-order valence-electron chi connectivity index (χ3n) is 3.99. The summed E-state index contributed by atoms with van der Waals surface area (Å²) in [5.41, 5.74) is 2.13. The molecule has 0 unspecified atom stereocenters. The lowest BCUT2D eigenvalue weighted by Crippen LogP contribution is -2.30. The summed E-state index contributed by atoms with van der Waals surface area (Å²) in [5.74, 6) is -1.23. The molecule has 7 nitrogen and oxygen atoms in total. The Morgan fingerprint density at radius 1 is 1.29 bits per heavy atom. The van der Waals surface area contributed by atoms with E-state index in [0.717, 1.165) is 5.56 Å². The van der Waals surface area contributed by atoms with E-state index >= 15 is 0 Å². The van der Waals surface area contributed by atoms with Crippen molar-refractivity contribution < 1.29 is 14.5 Å². The average Bonchev–Trinajstić information content (AvgIpc) is 2.55. The fourth-order valence-corrected chi connectivity index (χ4v) is 2.76. The molecule has 2 aromatic carbocycles. The van der Waals surface area contributed by atoms with Crippen LogP contribution in [0.25, 0.3) is 0 Å². The molecule has 2 amide bonds. The maximum atomic E-state index is 12.6. The summed E-state index contributed by atoms with van der Waals surface area (Å²) in [6, 6.07) is 11.6. The zero-order valence-corrected chi connectivity index (χ0v) is 12.9. The minimum Gasteiger partial charge on any atom is -0.326 e. The minimum atomic E-state index is -0.629. The largest absolute Gasteiger partial charge is 0.326 e. The van der Waals surface area contributed by atoms with Gasteiger partial charge >= 0.3 is 0 Å². The Balaban J connectivity index is 1.87. The molecule has 1 atom stereocenters. The van der Waals surface area contributed by atoms with Gasteiger partial charge in [0.05, 0.1) is 10.8 Å². The summed E-state index contributed by atoms with van der Waals surface area (Å²) in [4.78, 5) is 34.9. The molecule has 1 heterocycles. The number of para-hydroxylation sites is 1. The van der Waals surface area contributed by atoms with Crippen molar-refractivity contribution in [3.63, 3.8) is 0 Å². The first-order chi connectivity index (χ1) is 11.5. The Bertz CT molecular complexity index is 847. The molecule has 0 aromatic heterocycles. The Labute approximate surface area is 137 Å². The number of aryl methyl sites for hydroxylation is 1. The van der Waals surface area contributed by atoms with Gasteiger partial charge in [0.25, 0.3) is 5.69 Å². The van der Waals surface area contributed by atoms with E-state index < -0.39 is 10.8 Å². The summed E-state index contributed by atoms with van der Waals surface area (Å²) in [6.07, 6.45) is 0.0385. The van der Waals surface area contributed by atoms with Gasteiger partial charge in [-0.05, 0) is 24.6 Å². The standard InChI is InChI=1S/C17H15N3O4/c1-10-6-7-11(8-15(10)20(23)24)18-17(22)13-9-16(21)19-14-5-3-2-4-12(13)14/h2-8,13H,9H2,1H3,(H,18,22)(H,19,21)/t13-/m1/s1. The van der Waals surface area contributed by atoms with Crippen LogP contribution in [0.4, 0.5) is 17.1 Å². The highest BCUT2D eigenvalue weighted by Crippen LogP contribution is 2.33. The summed E-state index contributed by atoms with van der Waals surface area (Å²) in [6.45, 7) is 1.63. The number of fused-ring (bicyclic) bond motifs is 1. The van der Waals surface area contributed by atoms with Crippen LogP contribution < -0.4 is 10.6 Å². The van der Waals surface area contributed by atoms with E-state index in [2.05, 4.69) is 10.6 Å². The third-order valence-corrected chi connectivity index (χ3v) is 3.99. The molecular formula is C17H15N3O4. The maximum Gasteiger partial charge on any atom is 0.274 e. The maximum absolute atomic E-state index is 12.6. The van der Waals surface area contributed by atoms with Gasteiger partial charge in [0.2, 0.25) is 11.8 Å². The fourth-order valence-electron chi connectivity index (χ4n) is 2.76. The number of carbonyl (C=O) groups excluding carboxylic acids is 2. The summed E-state index contributed by atoms with van der Waals surface area (Å²) >= 11 is 0. The van der Waals surface area contributed by atoms with Crippen molar-refractivity contribution in [3.05, 3.63) is 63.7 Å². The summed E-state index contributed by atoms with van der Waals surface area (Å²) in [5, 5.41) is 16.4. The molecule has 0 aliphatic carbocycles. The number of nitro groups is 1. The molecule has 7 heteroatoms. The number of carbonyl (C=O) groups is 2. The van der Waals surface area contributed by atoms with E-state index in [-0.39, 0.29) is 23.9 Å². The van der Waals surface area contributed by atoms with Crippen LogP contribution in [0.5, 0.6) is 0 Å². The second-order valence-electron chi connectivity index (χ2n) is 5.64. The number of rotatable bonds is 3. The lowest BCUT2D eigenvalue weighted by atomic mass is 9.90. The molecule has 122 valence electrons. The van der Waals surface area contributed by atoms with E-state index in [1.54, 1.807) is 43.3 Å². The molecule has 3 rings (SSSR count). The van der Waals surface area contributed by atoms with E-state index in [4.69, 9.17) is 0 Å². The van der Waals surface area contributed by atoms with Gasteiger partial charge in [0.15, 0.2) is 0 Å². The molecule has 2 N–H and O–H groups in total. The van der Waals surface area contributed by atoms with Crippen LogP contribution in [0, 0.1) is 17.0 Å². The van der Waals surface area contributed by atoms with Crippen LogP contribution in [0.15, 0.2) is 42.5 Å². The van der Waals surface area contributed by atoms with Crippen LogP contribution in [0.1, 0.15) is 23.5 Å². The van der Waals surface area contributed by atoms with E-state index in [0.29, 0.717) is 16.9 Å². The molecule has 0 radical (unpaired) electrons. The van der Waals surface area contributed by atoms with Crippen molar-refractivity contribution >= 4 is 28.9 Å². The summed E-state index contributed by atoms with van der Waals surface area (Å²) in [7, 11) is 0. The van der Waals surface area contributed by atoms with Crippen LogP contribution in [0.3, 0.4) is 0 Å². The highest BCUT2D eigenvalue weighted by Gasteiger charge is 2.30. The van der Waals surface area contributed by atoms with Gasteiger partial charge in [-0.25, -0.2) is 0 Å². The number of nitrogens with zero attached hydrogens (tertiary/aromatic N) is 1. The number of amides is 2. The SMILES string of the molecule is Cc1ccc(NC(=O)[C@@H]2CC(=O)Nc3ccccc32)cc1[N+](=O)[O-]. The van der Waals surface area contributed by atoms with Crippen molar-refractivity contribution in [1.29, 1.82) is 0 Å². The van der Waals surface area contributed by atoms with Crippen molar-refractivity contribution in [2.75, 3.05) is 10.6 Å². The molecule has 0 saturated carbocycles. The molecule has 0 saturated heterocycles. The molecule has 0 bridgehead atoms. The van der Waals surface area contributed by atoms with Crippen molar-refractivity contribution in [2.24, 2.45) is 0 Å². The lowest BCUT2D eigenvalue weighted by molar-refractivity contribution is -0.385. The number of hydrogen-bond acceptors (Lipinski definition) is 4. The number of hydrogen-bond donors (Lipinski definition) is 2. The Morgan fingerprint density at radius 3 is 2.79 bits per heavy atom. The third kappa shape index (κ3) is 2.96. The smallest absolute Gasteiger partial charge is 0.274 e. The van der Waals surface area contributed by atoms with Crippen LogP contribution in [-0.4, -0.2) is 16.7 Å². The fraction of sp³-hybridized carbons (Fsp3) is 0.176. The monoisotopic (exact) mass is 325 g/mol. The molecule has 0 spiro atoms. The quantitative estimate of drug-likeness (QED) is 0.669. The van der Waals surface area contributed by atoms with Crippen molar-refractivity contribution in [2.45, 2.75) is 19.3 Å². The molecule has 1 aliphatic rings. The van der Waals surface area contributed by atoms with Gasteiger partial charge in [-0.1, -0.05) is 24.3 Å². The zero-order valence-electron chi connectivity index (χ0n) is 12.9. The first-order valence-electron chi connectivity index (χ1n) is 7.40. The first-order valence-corrected chi connectivity index (χ1v) is 7.40. The summed E-state index contributed by atoms with van der Waals surface area (Å²) < 4.78 is 0. The van der Waals surface area contributed by atoms with Gasteiger partial charge in [0, 0.05) is 29.4 Å². The predicted molar refractivity (Wildman–Crippen MR) is 88.9 cm³/mol. The molecule has 1 aliphatic heterocycles. The number of anilines is 2. The van der Waals surface area contributed by atoms with Crippen LogP contribution in [0.2, 0.25) is 0 Å². The number of nitrogens with one attached hydrogen (secondary N) is 2. The Hall–Kier alpha value is -3.22. The first kappa shape index (κ1) is 15.7. The van der Waals surface area contributed by atoms with E-state index in [9.17, 15) is 19.7 Å². The number of nitro benzene ring substituents is 1. The van der Waals surface area contributed by atoms with E-state index in [1.165, 1.54) is 6.07 Å². The second kappa shape index (κ2) is 6.11. The average molecular weight is 325 g/mol. The van der Waals surface area contributed by atoms with Crippen LogP contribution in [-0.2, 0) is 9.59 Å². The van der Waals surface area contributed by atoms with Crippen LogP contribution >= 0.6 is 0 Å². The second-order valence-corrected chi connectivity index (χ2v) is 5.64. The van der Waals surface area contributed by atoms with Gasteiger partial charge < -0.3 is 10.6 Å². The Morgan fingerprint density at radius 2 is 2.04 bits per heavy atom. The highest BCUT2D eigenvalue weighted by atomic mass is 16.6. The van der Waals surface area contributed by atoms with Gasteiger partial charge in [-0.2, -0.15) is 0 Å². The topological polar surface area (TPSA) is 101 Å². The number of benzene rings is 2. The predicted octanol–water partition coefficient (Wildman–Crippen LogP) is 2.97. The van der Waals surface area contributed by atoms with Crippen molar-refractivity contribution in [3.8, 4) is 0 Å². The minimum absolute atomic E-state index is 0.0385. The highest BCUT2D eigenvalue weighted by molar-refractivity contribution is 6.05. The van der Waals surface area contributed by atoms with E-state index in [1.807, 2.05) is 0 Å². The van der Waals surface area contributed by atoms with Gasteiger partial charge in [-0.15, -0.1) is 0 Å². The van der Waals surface area contributed by atoms with Gasteiger partial charge in [-0.3, -0.25) is 19.7 Å². The molecular weight excluding hydrogens is 310 g/mol. The lowest BCUT2D eigenvalue weighted by Gasteiger charge is -2.24. The zero-order chi connectivity index (χ0) is 17.3.